The number of nitrogens with one attached hydrogen (secondary N) is 2. The molecule has 1 aromatic heterocycles. The van der Waals surface area contributed by atoms with Gasteiger partial charge in [-0.1, -0.05) is 6.07 Å². The maximum atomic E-state index is 12.3. The largest absolute Gasteiger partial charge is 0.316 e. The zero-order valence-corrected chi connectivity index (χ0v) is 13.9. The monoisotopic (exact) mass is 369 g/mol. The first-order valence-corrected chi connectivity index (χ1v) is 8.62. The van der Waals surface area contributed by atoms with Crippen molar-refractivity contribution in [2.75, 3.05) is 7.05 Å². The lowest BCUT2D eigenvalue weighted by Crippen LogP contribution is -2.23. The van der Waals surface area contributed by atoms with E-state index in [9.17, 15) is 8.42 Å². The van der Waals surface area contributed by atoms with E-state index in [2.05, 4.69) is 31.0 Å². The lowest BCUT2D eigenvalue weighted by Gasteiger charge is -2.10. The SMILES string of the molecule is CNCc1ccc(S(=O)(=O)NCc2ccncc2)c(Br)c1. The summed E-state index contributed by atoms with van der Waals surface area (Å²) in [5.41, 5.74) is 1.87. The summed E-state index contributed by atoms with van der Waals surface area (Å²) in [6.45, 7) is 0.916. The van der Waals surface area contributed by atoms with Crippen molar-refractivity contribution >= 4 is 26.0 Å². The molecule has 0 saturated carbocycles. The number of hydrogen-bond acceptors (Lipinski definition) is 4. The molecule has 2 rings (SSSR count). The molecule has 0 atom stereocenters. The summed E-state index contributed by atoms with van der Waals surface area (Å²) < 4.78 is 27.8. The highest BCUT2D eigenvalue weighted by Gasteiger charge is 2.17. The number of aromatic nitrogens is 1. The van der Waals surface area contributed by atoms with Crippen LogP contribution in [0, 0.1) is 0 Å². The van der Waals surface area contributed by atoms with Gasteiger partial charge in [-0.05, 0) is 58.4 Å². The molecule has 5 nitrogen and oxygen atoms in total. The van der Waals surface area contributed by atoms with Crippen LogP contribution in [0.4, 0.5) is 0 Å². The Bertz CT molecular complexity index is 705. The smallest absolute Gasteiger partial charge is 0.241 e. The highest BCUT2D eigenvalue weighted by atomic mass is 79.9. The van der Waals surface area contributed by atoms with E-state index in [1.54, 1.807) is 42.7 Å². The van der Waals surface area contributed by atoms with Crippen LogP contribution in [0.1, 0.15) is 11.1 Å². The Labute approximate surface area is 133 Å². The van der Waals surface area contributed by atoms with E-state index in [1.807, 2.05) is 7.05 Å². The van der Waals surface area contributed by atoms with Gasteiger partial charge in [0, 0.05) is 30.0 Å². The van der Waals surface area contributed by atoms with E-state index in [0.29, 0.717) is 11.0 Å². The molecule has 1 heterocycles. The minimum atomic E-state index is -3.56. The first kappa shape index (κ1) is 16.1. The normalized spacial score (nSPS) is 11.5. The molecule has 7 heteroatoms. The first-order valence-electron chi connectivity index (χ1n) is 6.34. The highest BCUT2D eigenvalue weighted by Crippen LogP contribution is 2.23. The van der Waals surface area contributed by atoms with Gasteiger partial charge in [-0.15, -0.1) is 0 Å². The van der Waals surface area contributed by atoms with Crippen molar-refractivity contribution in [3.05, 3.63) is 58.3 Å². The second-order valence-electron chi connectivity index (χ2n) is 4.48. The third-order valence-corrected chi connectivity index (χ3v) is 5.26. The molecule has 112 valence electrons. The molecular formula is C14H16BrN3O2S. The van der Waals surface area contributed by atoms with E-state index >= 15 is 0 Å². The van der Waals surface area contributed by atoms with E-state index in [-0.39, 0.29) is 11.4 Å². The molecule has 0 spiro atoms. The molecule has 21 heavy (non-hydrogen) atoms. The molecular weight excluding hydrogens is 354 g/mol. The average Bonchev–Trinajstić information content (AvgIpc) is 2.46. The molecule has 0 bridgehead atoms. The summed E-state index contributed by atoms with van der Waals surface area (Å²) in [5.74, 6) is 0. The standard InChI is InChI=1S/C14H16BrN3O2S/c1-16-9-12-2-3-14(13(15)8-12)21(19,20)18-10-11-4-6-17-7-5-11/h2-8,16,18H,9-10H2,1H3. The van der Waals surface area contributed by atoms with Crippen molar-refractivity contribution < 1.29 is 8.42 Å². The Morgan fingerprint density at radius 3 is 2.43 bits per heavy atom. The number of halogens is 1. The Balaban J connectivity index is 2.16. The Hall–Kier alpha value is -1.28. The van der Waals surface area contributed by atoms with Crippen LogP contribution in [0.3, 0.4) is 0 Å². The molecule has 2 aromatic rings. The third kappa shape index (κ3) is 4.34. The second kappa shape index (κ2) is 7.13. The van der Waals surface area contributed by atoms with Crippen LogP contribution in [0.25, 0.3) is 0 Å². The van der Waals surface area contributed by atoms with Gasteiger partial charge < -0.3 is 5.32 Å². The summed E-state index contributed by atoms with van der Waals surface area (Å²) in [6.07, 6.45) is 3.26. The van der Waals surface area contributed by atoms with Crippen molar-refractivity contribution in [1.82, 2.24) is 15.0 Å². The zero-order chi connectivity index (χ0) is 15.3. The lowest BCUT2D eigenvalue weighted by atomic mass is 10.2. The number of sulfonamides is 1. The van der Waals surface area contributed by atoms with E-state index in [4.69, 9.17) is 0 Å². The van der Waals surface area contributed by atoms with Crippen LogP contribution in [0.2, 0.25) is 0 Å². The van der Waals surface area contributed by atoms with Crippen molar-refractivity contribution in [1.29, 1.82) is 0 Å². The number of benzene rings is 1. The predicted molar refractivity (Wildman–Crippen MR) is 85.2 cm³/mol. The first-order chi connectivity index (χ1) is 10.0. The lowest BCUT2D eigenvalue weighted by molar-refractivity contribution is 0.580. The highest BCUT2D eigenvalue weighted by molar-refractivity contribution is 9.10. The van der Waals surface area contributed by atoms with Crippen molar-refractivity contribution in [2.45, 2.75) is 18.0 Å². The van der Waals surface area contributed by atoms with Gasteiger partial charge in [0.05, 0.1) is 4.90 Å². The number of hydrogen-bond donors (Lipinski definition) is 2. The fourth-order valence-corrected chi connectivity index (χ4v) is 3.97. The average molecular weight is 370 g/mol. The summed E-state index contributed by atoms with van der Waals surface area (Å²) in [7, 11) is -1.72. The summed E-state index contributed by atoms with van der Waals surface area (Å²) in [5, 5.41) is 3.02. The van der Waals surface area contributed by atoms with Crippen LogP contribution >= 0.6 is 15.9 Å². The minimum absolute atomic E-state index is 0.232. The molecule has 0 aliphatic heterocycles. The molecule has 0 fully saturated rings. The van der Waals surface area contributed by atoms with Crippen LogP contribution in [0.15, 0.2) is 52.1 Å². The van der Waals surface area contributed by atoms with Crippen LogP contribution in [-0.2, 0) is 23.1 Å². The Morgan fingerprint density at radius 1 is 1.10 bits per heavy atom. The molecule has 0 saturated heterocycles. The zero-order valence-electron chi connectivity index (χ0n) is 11.5. The molecule has 0 radical (unpaired) electrons. The van der Waals surface area contributed by atoms with E-state index in [0.717, 1.165) is 11.1 Å². The van der Waals surface area contributed by atoms with Gasteiger partial charge in [0.1, 0.15) is 0 Å². The molecule has 0 unspecified atom stereocenters. The van der Waals surface area contributed by atoms with Crippen molar-refractivity contribution in [2.24, 2.45) is 0 Å². The topological polar surface area (TPSA) is 71.1 Å². The van der Waals surface area contributed by atoms with E-state index < -0.39 is 10.0 Å². The molecule has 0 aliphatic carbocycles. The van der Waals surface area contributed by atoms with Gasteiger partial charge in [-0.3, -0.25) is 4.98 Å². The molecule has 0 amide bonds. The quantitative estimate of drug-likeness (QED) is 0.817. The predicted octanol–water partition coefficient (Wildman–Crippen LogP) is 2.04. The molecule has 0 aliphatic rings. The number of pyridine rings is 1. The van der Waals surface area contributed by atoms with Gasteiger partial charge in [0.2, 0.25) is 10.0 Å². The summed E-state index contributed by atoms with van der Waals surface area (Å²) in [4.78, 5) is 4.13. The van der Waals surface area contributed by atoms with Gasteiger partial charge in [0.25, 0.3) is 0 Å². The fraction of sp³-hybridized carbons (Fsp3) is 0.214. The number of nitrogens with zero attached hydrogens (tertiary/aromatic N) is 1. The molecule has 1 aromatic carbocycles. The van der Waals surface area contributed by atoms with Crippen molar-refractivity contribution in [3.8, 4) is 0 Å². The minimum Gasteiger partial charge on any atom is -0.316 e. The van der Waals surface area contributed by atoms with Crippen LogP contribution in [-0.4, -0.2) is 20.4 Å². The maximum Gasteiger partial charge on any atom is 0.241 e. The summed E-state index contributed by atoms with van der Waals surface area (Å²) in [6, 6.07) is 8.74. The van der Waals surface area contributed by atoms with Crippen molar-refractivity contribution in [3.63, 3.8) is 0 Å². The molecule has 2 N–H and O–H groups in total. The van der Waals surface area contributed by atoms with E-state index in [1.165, 1.54) is 0 Å². The third-order valence-electron chi connectivity index (χ3n) is 2.88. The van der Waals surface area contributed by atoms with Crippen LogP contribution in [0.5, 0.6) is 0 Å². The number of rotatable bonds is 6. The second-order valence-corrected chi connectivity index (χ2v) is 7.06. The fourth-order valence-electron chi connectivity index (χ4n) is 1.83. The van der Waals surface area contributed by atoms with Gasteiger partial charge in [-0.2, -0.15) is 0 Å². The Morgan fingerprint density at radius 2 is 1.81 bits per heavy atom. The van der Waals surface area contributed by atoms with Gasteiger partial charge in [0.15, 0.2) is 0 Å². The maximum absolute atomic E-state index is 12.3. The van der Waals surface area contributed by atoms with Gasteiger partial charge in [-0.25, -0.2) is 13.1 Å². The summed E-state index contributed by atoms with van der Waals surface area (Å²) >= 11 is 3.32. The van der Waals surface area contributed by atoms with Gasteiger partial charge >= 0.3 is 0 Å². The Kier molecular flexibility index (Phi) is 5.46. The van der Waals surface area contributed by atoms with Crippen LogP contribution < -0.4 is 10.0 Å².